The highest BCUT2D eigenvalue weighted by atomic mass is 16.5. The van der Waals surface area contributed by atoms with Gasteiger partial charge in [-0.2, -0.15) is 0 Å². The van der Waals surface area contributed by atoms with Gasteiger partial charge < -0.3 is 15.2 Å². The predicted octanol–water partition coefficient (Wildman–Crippen LogP) is -0.303. The van der Waals surface area contributed by atoms with Gasteiger partial charge in [0.05, 0.1) is 18.6 Å². The Labute approximate surface area is 70.9 Å². The van der Waals surface area contributed by atoms with Gasteiger partial charge in [-0.15, -0.1) is 0 Å². The first-order valence-corrected chi connectivity index (χ1v) is 4.13. The molecule has 12 heavy (non-hydrogen) atoms. The quantitative estimate of drug-likeness (QED) is 0.568. The Morgan fingerprint density at radius 3 is 2.50 bits per heavy atom. The molecule has 2 rings (SSSR count). The topological polar surface area (TPSA) is 58.6 Å². The van der Waals surface area contributed by atoms with Crippen molar-refractivity contribution in [3.63, 3.8) is 0 Å². The van der Waals surface area contributed by atoms with Crippen LogP contribution in [0.4, 0.5) is 0 Å². The van der Waals surface area contributed by atoms with E-state index in [2.05, 4.69) is 5.32 Å². The highest BCUT2D eigenvalue weighted by molar-refractivity contribution is 5.76. The monoisotopic (exact) mass is 171 g/mol. The van der Waals surface area contributed by atoms with E-state index < -0.39 is 11.4 Å². The maximum absolute atomic E-state index is 11.0. The SMILES string of the molecule is C[C@]1(C(=O)O)CNCC12COC2. The molecule has 2 aliphatic rings. The van der Waals surface area contributed by atoms with Crippen LogP contribution in [0.5, 0.6) is 0 Å². The van der Waals surface area contributed by atoms with Crippen LogP contribution in [-0.2, 0) is 9.53 Å². The molecule has 0 aromatic rings. The van der Waals surface area contributed by atoms with E-state index in [9.17, 15) is 4.79 Å². The molecule has 2 fully saturated rings. The van der Waals surface area contributed by atoms with Gasteiger partial charge in [0.2, 0.25) is 0 Å². The molecule has 2 heterocycles. The summed E-state index contributed by atoms with van der Waals surface area (Å²) >= 11 is 0. The lowest BCUT2D eigenvalue weighted by Gasteiger charge is -2.46. The van der Waals surface area contributed by atoms with Crippen molar-refractivity contribution in [2.75, 3.05) is 26.3 Å². The summed E-state index contributed by atoms with van der Waals surface area (Å²) in [6.45, 7) is 4.31. The fourth-order valence-corrected chi connectivity index (χ4v) is 2.01. The molecule has 0 aromatic heterocycles. The molecule has 0 saturated carbocycles. The molecule has 1 atom stereocenters. The Morgan fingerprint density at radius 1 is 1.50 bits per heavy atom. The van der Waals surface area contributed by atoms with Crippen molar-refractivity contribution in [2.24, 2.45) is 10.8 Å². The highest BCUT2D eigenvalue weighted by Gasteiger charge is 2.60. The summed E-state index contributed by atoms with van der Waals surface area (Å²) in [5.74, 6) is -0.712. The van der Waals surface area contributed by atoms with Gasteiger partial charge in [0.25, 0.3) is 0 Å². The molecule has 0 aliphatic carbocycles. The van der Waals surface area contributed by atoms with E-state index in [1.165, 1.54) is 0 Å². The van der Waals surface area contributed by atoms with Gasteiger partial charge in [-0.1, -0.05) is 0 Å². The molecule has 0 radical (unpaired) electrons. The van der Waals surface area contributed by atoms with Crippen molar-refractivity contribution in [1.82, 2.24) is 5.32 Å². The minimum Gasteiger partial charge on any atom is -0.481 e. The second kappa shape index (κ2) is 2.20. The number of carbonyl (C=O) groups is 1. The van der Waals surface area contributed by atoms with Crippen LogP contribution in [-0.4, -0.2) is 37.4 Å². The molecule has 2 saturated heterocycles. The van der Waals surface area contributed by atoms with Gasteiger partial charge in [-0.25, -0.2) is 0 Å². The van der Waals surface area contributed by atoms with Crippen LogP contribution in [0.25, 0.3) is 0 Å². The molecular weight excluding hydrogens is 158 g/mol. The normalized spacial score (nSPS) is 38.1. The van der Waals surface area contributed by atoms with Crippen molar-refractivity contribution < 1.29 is 14.6 Å². The Hall–Kier alpha value is -0.610. The summed E-state index contributed by atoms with van der Waals surface area (Å²) in [5, 5.41) is 12.2. The first-order valence-electron chi connectivity index (χ1n) is 4.13. The van der Waals surface area contributed by atoms with Crippen LogP contribution in [0.2, 0.25) is 0 Å². The number of carboxylic acid groups (broad SMARTS) is 1. The third kappa shape index (κ3) is 0.716. The molecule has 0 aromatic carbocycles. The molecular formula is C8H13NO3. The molecule has 0 amide bonds. The van der Waals surface area contributed by atoms with E-state index in [1.807, 2.05) is 0 Å². The van der Waals surface area contributed by atoms with E-state index in [4.69, 9.17) is 9.84 Å². The Kier molecular flexibility index (Phi) is 1.47. The van der Waals surface area contributed by atoms with Crippen LogP contribution in [0, 0.1) is 10.8 Å². The van der Waals surface area contributed by atoms with Crippen LogP contribution >= 0.6 is 0 Å². The Bertz CT molecular complexity index is 224. The van der Waals surface area contributed by atoms with Gasteiger partial charge in [0.1, 0.15) is 0 Å². The maximum atomic E-state index is 11.0. The second-order valence-corrected chi connectivity index (χ2v) is 4.01. The minimum absolute atomic E-state index is 0.140. The third-order valence-electron chi connectivity index (χ3n) is 3.34. The molecule has 2 N–H and O–H groups in total. The summed E-state index contributed by atoms with van der Waals surface area (Å²) in [4.78, 5) is 11.0. The molecule has 2 aliphatic heterocycles. The number of rotatable bonds is 1. The van der Waals surface area contributed by atoms with Gasteiger partial charge in [0, 0.05) is 18.5 Å². The third-order valence-corrected chi connectivity index (χ3v) is 3.34. The van der Waals surface area contributed by atoms with Crippen LogP contribution in [0.1, 0.15) is 6.92 Å². The number of hydrogen-bond donors (Lipinski definition) is 2. The average molecular weight is 171 g/mol. The van der Waals surface area contributed by atoms with Gasteiger partial charge in [-0.05, 0) is 6.92 Å². The molecule has 0 unspecified atom stereocenters. The minimum atomic E-state index is -0.712. The fraction of sp³-hybridized carbons (Fsp3) is 0.875. The van der Waals surface area contributed by atoms with Gasteiger partial charge in [-0.3, -0.25) is 4.79 Å². The van der Waals surface area contributed by atoms with Crippen LogP contribution in [0.3, 0.4) is 0 Å². The largest absolute Gasteiger partial charge is 0.481 e. The summed E-state index contributed by atoms with van der Waals surface area (Å²) in [7, 11) is 0. The van der Waals surface area contributed by atoms with Crippen LogP contribution in [0.15, 0.2) is 0 Å². The molecule has 0 bridgehead atoms. The van der Waals surface area contributed by atoms with Gasteiger partial charge >= 0.3 is 5.97 Å². The van der Waals surface area contributed by atoms with Crippen molar-refractivity contribution in [3.8, 4) is 0 Å². The molecule has 4 nitrogen and oxygen atoms in total. The summed E-state index contributed by atoms with van der Waals surface area (Å²) in [6.07, 6.45) is 0. The first-order chi connectivity index (χ1) is 5.61. The van der Waals surface area contributed by atoms with E-state index in [-0.39, 0.29) is 5.41 Å². The summed E-state index contributed by atoms with van der Waals surface area (Å²) < 4.78 is 5.10. The Morgan fingerprint density at radius 2 is 2.17 bits per heavy atom. The number of nitrogens with one attached hydrogen (secondary N) is 1. The van der Waals surface area contributed by atoms with Crippen molar-refractivity contribution in [2.45, 2.75) is 6.92 Å². The lowest BCUT2D eigenvalue weighted by atomic mass is 9.65. The van der Waals surface area contributed by atoms with Crippen LogP contribution < -0.4 is 5.32 Å². The van der Waals surface area contributed by atoms with E-state index in [0.717, 1.165) is 6.54 Å². The zero-order chi connectivity index (χ0) is 8.82. The van der Waals surface area contributed by atoms with E-state index in [0.29, 0.717) is 19.8 Å². The molecule has 1 spiro atoms. The fourth-order valence-electron chi connectivity index (χ4n) is 2.01. The van der Waals surface area contributed by atoms with E-state index >= 15 is 0 Å². The summed E-state index contributed by atoms with van der Waals surface area (Å²) in [6, 6.07) is 0. The first kappa shape index (κ1) is 8.01. The lowest BCUT2D eigenvalue weighted by molar-refractivity contribution is -0.184. The molecule has 4 heteroatoms. The highest BCUT2D eigenvalue weighted by Crippen LogP contribution is 2.47. The number of carboxylic acids is 1. The van der Waals surface area contributed by atoms with Crippen molar-refractivity contribution in [3.05, 3.63) is 0 Å². The Balaban J connectivity index is 2.29. The zero-order valence-corrected chi connectivity index (χ0v) is 7.09. The van der Waals surface area contributed by atoms with Crippen molar-refractivity contribution in [1.29, 1.82) is 0 Å². The van der Waals surface area contributed by atoms with Gasteiger partial charge in [0.15, 0.2) is 0 Å². The van der Waals surface area contributed by atoms with Crippen molar-refractivity contribution >= 4 is 5.97 Å². The smallest absolute Gasteiger partial charge is 0.311 e. The average Bonchev–Trinajstić information content (AvgIpc) is 2.26. The number of aliphatic carboxylic acids is 1. The lowest BCUT2D eigenvalue weighted by Crippen LogP contribution is -2.56. The zero-order valence-electron chi connectivity index (χ0n) is 7.09. The second-order valence-electron chi connectivity index (χ2n) is 4.01. The number of ether oxygens (including phenoxy) is 1. The number of hydrogen-bond acceptors (Lipinski definition) is 3. The predicted molar refractivity (Wildman–Crippen MR) is 41.9 cm³/mol. The molecule has 68 valence electrons. The standard InChI is InChI=1S/C8H13NO3/c1-7(6(10)11)2-9-3-8(7)4-12-5-8/h9H,2-5H2,1H3,(H,10,11)/t7-/m1/s1. The van der Waals surface area contributed by atoms with E-state index in [1.54, 1.807) is 6.92 Å². The maximum Gasteiger partial charge on any atom is 0.311 e. The summed E-state index contributed by atoms with van der Waals surface area (Å²) in [5.41, 5.74) is -0.774.